The maximum Gasteiger partial charge on any atom is 0.248 e. The Hall–Kier alpha value is -1.85. The molecule has 1 aliphatic rings. The van der Waals surface area contributed by atoms with E-state index in [0.29, 0.717) is 19.4 Å². The summed E-state index contributed by atoms with van der Waals surface area (Å²) in [5, 5.41) is 7.01. The smallest absolute Gasteiger partial charge is 0.248 e. The van der Waals surface area contributed by atoms with Crippen molar-refractivity contribution in [2.75, 3.05) is 0 Å². The van der Waals surface area contributed by atoms with Gasteiger partial charge in [0.05, 0.1) is 6.20 Å². The van der Waals surface area contributed by atoms with Crippen molar-refractivity contribution in [3.05, 3.63) is 18.0 Å². The first-order valence-corrected chi connectivity index (χ1v) is 7.39. The molecule has 0 atom stereocenters. The number of nitrogens with one attached hydrogen (secondary N) is 1. The summed E-state index contributed by atoms with van der Waals surface area (Å²) in [6, 6.07) is 0. The van der Waals surface area contributed by atoms with Gasteiger partial charge >= 0.3 is 0 Å². The molecule has 0 aromatic carbocycles. The lowest BCUT2D eigenvalue weighted by Gasteiger charge is -2.50. The number of nitrogens with zero attached hydrogens (tertiary/aromatic N) is 3. The topological polar surface area (TPSA) is 67.2 Å². The zero-order chi connectivity index (χ0) is 15.8. The number of piperazine rings is 1. The van der Waals surface area contributed by atoms with Gasteiger partial charge in [0.25, 0.3) is 0 Å². The summed E-state index contributed by atoms with van der Waals surface area (Å²) >= 11 is 0. The zero-order valence-corrected chi connectivity index (χ0v) is 13.4. The summed E-state index contributed by atoms with van der Waals surface area (Å²) in [7, 11) is 1.84. The Labute approximate surface area is 125 Å². The van der Waals surface area contributed by atoms with E-state index in [-0.39, 0.29) is 11.8 Å². The lowest BCUT2D eigenvalue weighted by molar-refractivity contribution is -0.163. The van der Waals surface area contributed by atoms with Gasteiger partial charge in [-0.15, -0.1) is 0 Å². The van der Waals surface area contributed by atoms with Crippen LogP contribution in [-0.2, 0) is 23.2 Å². The van der Waals surface area contributed by atoms with Gasteiger partial charge in [-0.1, -0.05) is 13.8 Å². The number of carbonyl (C=O) groups is 2. The molecular weight excluding hydrogens is 268 g/mol. The first kappa shape index (κ1) is 15.5. The number of carbonyl (C=O) groups excluding carboxylic acids is 2. The summed E-state index contributed by atoms with van der Waals surface area (Å²) < 4.78 is 1.70. The first-order valence-electron chi connectivity index (χ1n) is 7.39. The lowest BCUT2D eigenvalue weighted by Crippen LogP contribution is -2.73. The van der Waals surface area contributed by atoms with Gasteiger partial charge in [0.2, 0.25) is 11.8 Å². The van der Waals surface area contributed by atoms with Crippen LogP contribution < -0.4 is 5.32 Å². The average molecular weight is 292 g/mol. The molecule has 1 aliphatic heterocycles. The number of hydrogen-bond acceptors (Lipinski definition) is 3. The van der Waals surface area contributed by atoms with Crippen LogP contribution in [0.3, 0.4) is 0 Å². The molecule has 0 unspecified atom stereocenters. The summed E-state index contributed by atoms with van der Waals surface area (Å²) in [6.45, 7) is 7.80. The fraction of sp³-hybridized carbons (Fsp3) is 0.667. The molecule has 2 heterocycles. The number of aryl methyl sites for hydroxylation is 1. The SMILES string of the molecule is CCC1(CC)C(=O)NC(C)(C)C(=O)N1Cc1cnn(C)c1. The lowest BCUT2D eigenvalue weighted by atomic mass is 9.82. The molecule has 6 heteroatoms. The molecule has 21 heavy (non-hydrogen) atoms. The van der Waals surface area contributed by atoms with E-state index in [2.05, 4.69) is 10.4 Å². The largest absolute Gasteiger partial charge is 0.340 e. The maximum atomic E-state index is 12.8. The van der Waals surface area contributed by atoms with Crippen molar-refractivity contribution in [1.82, 2.24) is 20.0 Å². The quantitative estimate of drug-likeness (QED) is 0.907. The van der Waals surface area contributed by atoms with Gasteiger partial charge in [0.15, 0.2) is 0 Å². The fourth-order valence-electron chi connectivity index (χ4n) is 3.02. The maximum absolute atomic E-state index is 12.8. The van der Waals surface area contributed by atoms with Crippen LogP contribution in [0.4, 0.5) is 0 Å². The third-order valence-corrected chi connectivity index (χ3v) is 4.41. The highest BCUT2D eigenvalue weighted by molar-refractivity contribution is 6.01. The molecule has 0 bridgehead atoms. The van der Waals surface area contributed by atoms with Gasteiger partial charge in [0.1, 0.15) is 11.1 Å². The molecular formula is C15H24N4O2. The first-order chi connectivity index (χ1) is 9.76. The Bertz CT molecular complexity index is 558. The van der Waals surface area contributed by atoms with Crippen LogP contribution in [-0.4, -0.2) is 37.6 Å². The summed E-state index contributed by atoms with van der Waals surface area (Å²) in [5.74, 6) is -0.115. The second-order valence-corrected chi connectivity index (χ2v) is 6.23. The Kier molecular flexibility index (Phi) is 3.82. The minimum absolute atomic E-state index is 0.0466. The number of rotatable bonds is 4. The van der Waals surface area contributed by atoms with Crippen molar-refractivity contribution in [3.8, 4) is 0 Å². The van der Waals surface area contributed by atoms with Crippen molar-refractivity contribution in [2.45, 2.75) is 58.2 Å². The second kappa shape index (κ2) is 5.16. The van der Waals surface area contributed by atoms with Crippen molar-refractivity contribution in [3.63, 3.8) is 0 Å². The Morgan fingerprint density at radius 2 is 1.86 bits per heavy atom. The van der Waals surface area contributed by atoms with E-state index < -0.39 is 11.1 Å². The normalized spacial score (nSPS) is 20.5. The fourth-order valence-corrected chi connectivity index (χ4v) is 3.02. The third-order valence-electron chi connectivity index (χ3n) is 4.41. The Balaban J connectivity index is 2.43. The highest BCUT2D eigenvalue weighted by Crippen LogP contribution is 2.33. The predicted octanol–water partition coefficient (Wildman–Crippen LogP) is 1.22. The highest BCUT2D eigenvalue weighted by atomic mass is 16.2. The standard InChI is InChI=1S/C15H24N4O2/c1-6-15(7-2)12(20)17-14(3,4)13(21)19(15)10-11-8-16-18(5)9-11/h8-9H,6-7,10H2,1-5H3,(H,17,20). The summed E-state index contributed by atoms with van der Waals surface area (Å²) in [4.78, 5) is 27.2. The Morgan fingerprint density at radius 3 is 2.33 bits per heavy atom. The molecule has 0 spiro atoms. The molecule has 1 N–H and O–H groups in total. The van der Waals surface area contributed by atoms with Crippen LogP contribution in [0.2, 0.25) is 0 Å². The molecule has 116 valence electrons. The van der Waals surface area contributed by atoms with Crippen LogP contribution in [0.15, 0.2) is 12.4 Å². The molecule has 1 aromatic heterocycles. The van der Waals surface area contributed by atoms with E-state index in [1.165, 1.54) is 0 Å². The molecule has 0 aliphatic carbocycles. The van der Waals surface area contributed by atoms with E-state index >= 15 is 0 Å². The monoisotopic (exact) mass is 292 g/mol. The predicted molar refractivity (Wildman–Crippen MR) is 79.3 cm³/mol. The summed E-state index contributed by atoms with van der Waals surface area (Å²) in [5.41, 5.74) is -0.710. The van der Waals surface area contributed by atoms with E-state index in [1.54, 1.807) is 29.6 Å². The number of amides is 2. The van der Waals surface area contributed by atoms with Crippen LogP contribution >= 0.6 is 0 Å². The molecule has 0 saturated carbocycles. The van der Waals surface area contributed by atoms with Gasteiger partial charge in [-0.2, -0.15) is 5.10 Å². The molecule has 0 radical (unpaired) electrons. The minimum atomic E-state index is -0.868. The number of hydrogen-bond donors (Lipinski definition) is 1. The molecule has 1 aromatic rings. The molecule has 1 saturated heterocycles. The van der Waals surface area contributed by atoms with E-state index in [1.807, 2.05) is 27.1 Å². The van der Waals surface area contributed by atoms with Gasteiger partial charge < -0.3 is 10.2 Å². The molecule has 2 rings (SSSR count). The Morgan fingerprint density at radius 1 is 1.24 bits per heavy atom. The van der Waals surface area contributed by atoms with Gasteiger partial charge in [-0.05, 0) is 26.7 Å². The average Bonchev–Trinajstić information content (AvgIpc) is 2.82. The van der Waals surface area contributed by atoms with Crippen LogP contribution in [0.5, 0.6) is 0 Å². The minimum Gasteiger partial charge on any atom is -0.340 e. The third kappa shape index (κ3) is 2.43. The van der Waals surface area contributed by atoms with Crippen LogP contribution in [0, 0.1) is 0 Å². The van der Waals surface area contributed by atoms with Crippen molar-refractivity contribution in [1.29, 1.82) is 0 Å². The summed E-state index contributed by atoms with van der Waals surface area (Å²) in [6.07, 6.45) is 4.81. The number of aromatic nitrogens is 2. The van der Waals surface area contributed by atoms with E-state index in [4.69, 9.17) is 0 Å². The van der Waals surface area contributed by atoms with Crippen LogP contribution in [0.25, 0.3) is 0 Å². The highest BCUT2D eigenvalue weighted by Gasteiger charge is 2.53. The van der Waals surface area contributed by atoms with Crippen LogP contribution in [0.1, 0.15) is 46.1 Å². The van der Waals surface area contributed by atoms with Gasteiger partial charge in [-0.25, -0.2) is 0 Å². The van der Waals surface area contributed by atoms with Crippen molar-refractivity contribution < 1.29 is 9.59 Å². The molecule has 2 amide bonds. The van der Waals surface area contributed by atoms with E-state index in [9.17, 15) is 9.59 Å². The van der Waals surface area contributed by atoms with E-state index in [0.717, 1.165) is 5.56 Å². The molecule has 1 fully saturated rings. The zero-order valence-electron chi connectivity index (χ0n) is 13.4. The van der Waals surface area contributed by atoms with Gasteiger partial charge in [0, 0.05) is 25.4 Å². The second-order valence-electron chi connectivity index (χ2n) is 6.23. The van der Waals surface area contributed by atoms with Gasteiger partial charge in [-0.3, -0.25) is 14.3 Å². The van der Waals surface area contributed by atoms with Crippen molar-refractivity contribution in [2.24, 2.45) is 7.05 Å². The van der Waals surface area contributed by atoms with Crippen molar-refractivity contribution >= 4 is 11.8 Å². The molecule has 6 nitrogen and oxygen atoms in total.